The fraction of sp³-hybridized carbons (Fsp3) is 0.409. The van der Waals surface area contributed by atoms with E-state index in [4.69, 9.17) is 9.47 Å². The smallest absolute Gasteiger partial charge is 0.253 e. The summed E-state index contributed by atoms with van der Waals surface area (Å²) in [6.07, 6.45) is 3.15. The normalized spacial score (nSPS) is 14.9. The predicted octanol–water partition coefficient (Wildman–Crippen LogP) is 4.19. The average molecular weight is 353 g/mol. The van der Waals surface area contributed by atoms with E-state index in [0.29, 0.717) is 18.1 Å². The van der Waals surface area contributed by atoms with Crippen molar-refractivity contribution < 1.29 is 14.3 Å². The van der Waals surface area contributed by atoms with Crippen molar-refractivity contribution >= 4 is 5.91 Å². The van der Waals surface area contributed by atoms with Gasteiger partial charge in [0.05, 0.1) is 13.7 Å². The second-order valence-corrected chi connectivity index (χ2v) is 6.75. The maximum Gasteiger partial charge on any atom is 0.253 e. The molecule has 0 atom stereocenters. The van der Waals surface area contributed by atoms with Crippen molar-refractivity contribution in [3.8, 4) is 11.5 Å². The van der Waals surface area contributed by atoms with Crippen LogP contribution >= 0.6 is 0 Å². The van der Waals surface area contributed by atoms with Crippen molar-refractivity contribution in [2.24, 2.45) is 5.92 Å². The van der Waals surface area contributed by atoms with Gasteiger partial charge in [-0.3, -0.25) is 4.79 Å². The zero-order valence-corrected chi connectivity index (χ0v) is 15.6. The van der Waals surface area contributed by atoms with Crippen LogP contribution in [0.3, 0.4) is 0 Å². The summed E-state index contributed by atoms with van der Waals surface area (Å²) in [7, 11) is 1.69. The summed E-state index contributed by atoms with van der Waals surface area (Å²) < 4.78 is 10.7. The van der Waals surface area contributed by atoms with Crippen LogP contribution in [0.4, 0.5) is 0 Å². The molecule has 1 aliphatic heterocycles. The third kappa shape index (κ3) is 4.57. The van der Waals surface area contributed by atoms with Crippen LogP contribution in [0.2, 0.25) is 0 Å². The summed E-state index contributed by atoms with van der Waals surface area (Å²) in [6, 6.07) is 15.8. The molecule has 1 aliphatic rings. The van der Waals surface area contributed by atoms with Crippen LogP contribution in [0, 0.1) is 5.92 Å². The quantitative estimate of drug-likeness (QED) is 0.782. The molecule has 4 heteroatoms. The molecule has 1 saturated heterocycles. The van der Waals surface area contributed by atoms with Crippen LogP contribution in [0.25, 0.3) is 0 Å². The number of hydrogen-bond acceptors (Lipinski definition) is 3. The van der Waals surface area contributed by atoms with E-state index in [1.165, 1.54) is 5.56 Å². The van der Waals surface area contributed by atoms with Crippen molar-refractivity contribution in [3.05, 3.63) is 59.7 Å². The number of ether oxygens (including phenoxy) is 2. The minimum atomic E-state index is 0.106. The van der Waals surface area contributed by atoms with Crippen LogP contribution in [0.5, 0.6) is 11.5 Å². The molecule has 4 nitrogen and oxygen atoms in total. The first-order chi connectivity index (χ1) is 12.7. The molecular formula is C22H27NO3. The van der Waals surface area contributed by atoms with Gasteiger partial charge in [0.15, 0.2) is 0 Å². The highest BCUT2D eigenvalue weighted by Crippen LogP contribution is 2.24. The molecule has 0 radical (unpaired) electrons. The second kappa shape index (κ2) is 8.75. The van der Waals surface area contributed by atoms with Crippen molar-refractivity contribution in [1.82, 2.24) is 4.90 Å². The lowest BCUT2D eigenvalue weighted by Gasteiger charge is -2.32. The van der Waals surface area contributed by atoms with E-state index in [9.17, 15) is 4.79 Å². The number of rotatable bonds is 6. The summed E-state index contributed by atoms with van der Waals surface area (Å²) in [5.74, 6) is 2.38. The molecule has 26 heavy (non-hydrogen) atoms. The SMILES string of the molecule is CCOc1cccc(C(=O)N2CCC(Cc3ccc(OC)cc3)CC2)c1. The Labute approximate surface area is 155 Å². The zero-order valence-electron chi connectivity index (χ0n) is 15.6. The largest absolute Gasteiger partial charge is 0.497 e. The lowest BCUT2D eigenvalue weighted by molar-refractivity contribution is 0.0690. The van der Waals surface area contributed by atoms with E-state index in [1.807, 2.05) is 48.2 Å². The highest BCUT2D eigenvalue weighted by molar-refractivity contribution is 5.94. The van der Waals surface area contributed by atoms with Crippen molar-refractivity contribution in [2.45, 2.75) is 26.2 Å². The van der Waals surface area contributed by atoms with Gasteiger partial charge in [-0.1, -0.05) is 18.2 Å². The van der Waals surface area contributed by atoms with E-state index in [2.05, 4.69) is 12.1 Å². The molecule has 0 aliphatic carbocycles. The number of amides is 1. The van der Waals surface area contributed by atoms with Crippen LogP contribution in [0.15, 0.2) is 48.5 Å². The number of piperidine rings is 1. The summed E-state index contributed by atoms with van der Waals surface area (Å²) in [4.78, 5) is 14.7. The first-order valence-electron chi connectivity index (χ1n) is 9.34. The Morgan fingerprint density at radius 1 is 1.08 bits per heavy atom. The van der Waals surface area contributed by atoms with Crippen molar-refractivity contribution in [3.63, 3.8) is 0 Å². The maximum atomic E-state index is 12.7. The van der Waals surface area contributed by atoms with Gasteiger partial charge in [0.2, 0.25) is 0 Å². The van der Waals surface area contributed by atoms with Gasteiger partial charge in [0.25, 0.3) is 5.91 Å². The molecule has 138 valence electrons. The van der Waals surface area contributed by atoms with E-state index < -0.39 is 0 Å². The molecule has 3 rings (SSSR count). The third-order valence-corrected chi connectivity index (χ3v) is 4.98. The Hall–Kier alpha value is -2.49. The fourth-order valence-corrected chi connectivity index (χ4v) is 3.50. The Morgan fingerprint density at radius 2 is 1.81 bits per heavy atom. The van der Waals surface area contributed by atoms with Crippen molar-refractivity contribution in [2.75, 3.05) is 26.8 Å². The van der Waals surface area contributed by atoms with Gasteiger partial charge in [-0.2, -0.15) is 0 Å². The number of hydrogen-bond donors (Lipinski definition) is 0. The number of carbonyl (C=O) groups excluding carboxylic acids is 1. The molecule has 0 saturated carbocycles. The Bertz CT molecular complexity index is 718. The summed E-state index contributed by atoms with van der Waals surface area (Å²) in [6.45, 7) is 4.19. The molecule has 0 bridgehead atoms. The van der Waals surface area contributed by atoms with Gasteiger partial charge in [-0.05, 0) is 68.0 Å². The van der Waals surface area contributed by atoms with Gasteiger partial charge in [-0.15, -0.1) is 0 Å². The Morgan fingerprint density at radius 3 is 2.46 bits per heavy atom. The molecule has 2 aromatic rings. The van der Waals surface area contributed by atoms with E-state index in [1.54, 1.807) is 7.11 Å². The van der Waals surface area contributed by atoms with Gasteiger partial charge in [0.1, 0.15) is 11.5 Å². The highest BCUT2D eigenvalue weighted by atomic mass is 16.5. The third-order valence-electron chi connectivity index (χ3n) is 4.98. The minimum absolute atomic E-state index is 0.106. The molecule has 1 fully saturated rings. The molecule has 0 unspecified atom stereocenters. The number of benzene rings is 2. The second-order valence-electron chi connectivity index (χ2n) is 6.75. The summed E-state index contributed by atoms with van der Waals surface area (Å²) >= 11 is 0. The first-order valence-corrected chi connectivity index (χ1v) is 9.34. The minimum Gasteiger partial charge on any atom is -0.497 e. The van der Waals surface area contributed by atoms with Gasteiger partial charge < -0.3 is 14.4 Å². The molecule has 1 heterocycles. The number of likely N-dealkylation sites (tertiary alicyclic amines) is 1. The first kappa shape index (κ1) is 18.3. The standard InChI is InChI=1S/C22H27NO3/c1-3-26-21-6-4-5-19(16-21)22(24)23-13-11-18(12-14-23)15-17-7-9-20(25-2)10-8-17/h4-10,16,18H,3,11-15H2,1-2H3. The molecule has 0 spiro atoms. The van der Waals surface area contributed by atoms with E-state index in [-0.39, 0.29) is 5.91 Å². The zero-order chi connectivity index (χ0) is 18.4. The summed E-state index contributed by atoms with van der Waals surface area (Å²) in [5, 5.41) is 0. The van der Waals surface area contributed by atoms with Crippen LogP contribution in [-0.2, 0) is 6.42 Å². The van der Waals surface area contributed by atoms with Crippen LogP contribution < -0.4 is 9.47 Å². The number of methoxy groups -OCH3 is 1. The van der Waals surface area contributed by atoms with Gasteiger partial charge in [0, 0.05) is 18.7 Å². The summed E-state index contributed by atoms with van der Waals surface area (Å²) in [5.41, 5.74) is 2.05. The predicted molar refractivity (Wildman–Crippen MR) is 103 cm³/mol. The monoisotopic (exact) mass is 353 g/mol. The fourth-order valence-electron chi connectivity index (χ4n) is 3.50. The average Bonchev–Trinajstić information content (AvgIpc) is 2.69. The van der Waals surface area contributed by atoms with Crippen LogP contribution in [-0.4, -0.2) is 37.6 Å². The van der Waals surface area contributed by atoms with Gasteiger partial charge in [-0.25, -0.2) is 0 Å². The molecule has 0 aromatic heterocycles. The number of nitrogens with zero attached hydrogens (tertiary/aromatic N) is 1. The highest BCUT2D eigenvalue weighted by Gasteiger charge is 2.24. The van der Waals surface area contributed by atoms with E-state index in [0.717, 1.165) is 43.9 Å². The Kier molecular flexibility index (Phi) is 6.16. The van der Waals surface area contributed by atoms with E-state index >= 15 is 0 Å². The molecular weight excluding hydrogens is 326 g/mol. The van der Waals surface area contributed by atoms with Crippen LogP contribution in [0.1, 0.15) is 35.7 Å². The topological polar surface area (TPSA) is 38.8 Å². The molecule has 2 aromatic carbocycles. The Balaban J connectivity index is 1.54. The lowest BCUT2D eigenvalue weighted by atomic mass is 9.90. The van der Waals surface area contributed by atoms with Gasteiger partial charge >= 0.3 is 0 Å². The number of carbonyl (C=O) groups is 1. The van der Waals surface area contributed by atoms with Crippen molar-refractivity contribution in [1.29, 1.82) is 0 Å². The lowest BCUT2D eigenvalue weighted by Crippen LogP contribution is -2.38. The molecule has 0 N–H and O–H groups in total. The molecule has 1 amide bonds. The maximum absolute atomic E-state index is 12.7.